The van der Waals surface area contributed by atoms with Gasteiger partial charge in [0.05, 0.1) is 0 Å². The van der Waals surface area contributed by atoms with Crippen molar-refractivity contribution in [3.05, 3.63) is 42.0 Å². The molecule has 102 valence electrons. The standard InChI is InChI=1S/C13H19N5S/c1-10-3-5-12(6-4-10)19-8-11(17-14)7-13-15-9-16-18(13)2/h3-6,9,11,17H,7-8,14H2,1-2H3. The molecule has 1 atom stereocenters. The first-order valence-electron chi connectivity index (χ1n) is 6.17. The molecule has 0 bridgehead atoms. The molecule has 1 aromatic heterocycles. The first-order chi connectivity index (χ1) is 9.19. The van der Waals surface area contributed by atoms with Gasteiger partial charge in [-0.05, 0) is 19.1 Å². The average molecular weight is 277 g/mol. The maximum Gasteiger partial charge on any atom is 0.138 e. The van der Waals surface area contributed by atoms with Crippen LogP contribution in [-0.2, 0) is 13.5 Å². The topological polar surface area (TPSA) is 68.8 Å². The van der Waals surface area contributed by atoms with Crippen LogP contribution >= 0.6 is 11.8 Å². The Hall–Kier alpha value is -1.37. The van der Waals surface area contributed by atoms with Crippen LogP contribution in [0.3, 0.4) is 0 Å². The monoisotopic (exact) mass is 277 g/mol. The van der Waals surface area contributed by atoms with Crippen LogP contribution in [0.2, 0.25) is 0 Å². The Morgan fingerprint density at radius 2 is 2.11 bits per heavy atom. The number of hydrogen-bond donors (Lipinski definition) is 2. The van der Waals surface area contributed by atoms with Crippen molar-refractivity contribution in [1.29, 1.82) is 0 Å². The summed E-state index contributed by atoms with van der Waals surface area (Å²) in [5, 5.41) is 4.06. The van der Waals surface area contributed by atoms with Gasteiger partial charge in [-0.15, -0.1) is 11.8 Å². The first kappa shape index (κ1) is 14.0. The van der Waals surface area contributed by atoms with E-state index in [1.54, 1.807) is 22.8 Å². The summed E-state index contributed by atoms with van der Waals surface area (Å²) in [5.74, 6) is 7.44. The van der Waals surface area contributed by atoms with Gasteiger partial charge < -0.3 is 0 Å². The molecule has 0 saturated heterocycles. The SMILES string of the molecule is Cc1ccc(SCC(Cc2ncnn2C)NN)cc1. The lowest BCUT2D eigenvalue weighted by Crippen LogP contribution is -2.39. The highest BCUT2D eigenvalue weighted by Gasteiger charge is 2.11. The zero-order chi connectivity index (χ0) is 13.7. The highest BCUT2D eigenvalue weighted by molar-refractivity contribution is 7.99. The Labute approximate surface area is 117 Å². The number of rotatable bonds is 6. The fourth-order valence-electron chi connectivity index (χ4n) is 1.72. The van der Waals surface area contributed by atoms with Crippen LogP contribution in [0.15, 0.2) is 35.5 Å². The van der Waals surface area contributed by atoms with Crippen molar-refractivity contribution in [1.82, 2.24) is 20.2 Å². The third kappa shape index (κ3) is 4.05. The van der Waals surface area contributed by atoms with E-state index < -0.39 is 0 Å². The minimum atomic E-state index is 0.175. The average Bonchev–Trinajstić information content (AvgIpc) is 2.82. The summed E-state index contributed by atoms with van der Waals surface area (Å²) < 4.78 is 1.78. The van der Waals surface area contributed by atoms with Crippen LogP contribution in [0, 0.1) is 6.92 Å². The van der Waals surface area contributed by atoms with E-state index in [-0.39, 0.29) is 6.04 Å². The van der Waals surface area contributed by atoms with Gasteiger partial charge in [-0.1, -0.05) is 17.7 Å². The van der Waals surface area contributed by atoms with Crippen LogP contribution in [0.25, 0.3) is 0 Å². The molecule has 1 heterocycles. The van der Waals surface area contributed by atoms with Gasteiger partial charge in [0, 0.05) is 30.2 Å². The van der Waals surface area contributed by atoms with Gasteiger partial charge in [-0.2, -0.15) is 5.10 Å². The van der Waals surface area contributed by atoms with Gasteiger partial charge in [0.25, 0.3) is 0 Å². The molecule has 2 aromatic rings. The summed E-state index contributed by atoms with van der Waals surface area (Å²) in [6.45, 7) is 2.09. The van der Waals surface area contributed by atoms with Gasteiger partial charge in [0.2, 0.25) is 0 Å². The maximum absolute atomic E-state index is 5.61. The summed E-state index contributed by atoms with van der Waals surface area (Å²) >= 11 is 1.79. The number of hydrazine groups is 1. The van der Waals surface area contributed by atoms with Crippen molar-refractivity contribution < 1.29 is 0 Å². The van der Waals surface area contributed by atoms with E-state index in [1.165, 1.54) is 10.5 Å². The summed E-state index contributed by atoms with van der Waals surface area (Å²) in [5.41, 5.74) is 4.12. The quantitative estimate of drug-likeness (QED) is 0.473. The van der Waals surface area contributed by atoms with Crippen molar-refractivity contribution in [2.24, 2.45) is 12.9 Å². The number of nitrogens with zero attached hydrogens (tertiary/aromatic N) is 3. The summed E-state index contributed by atoms with van der Waals surface area (Å²) in [6, 6.07) is 8.69. The van der Waals surface area contributed by atoms with Crippen molar-refractivity contribution in [2.45, 2.75) is 24.3 Å². The second-order valence-electron chi connectivity index (χ2n) is 4.49. The van der Waals surface area contributed by atoms with Crippen LogP contribution in [-0.4, -0.2) is 26.6 Å². The third-order valence-corrected chi connectivity index (χ3v) is 4.12. The molecule has 0 spiro atoms. The predicted molar refractivity (Wildman–Crippen MR) is 77.7 cm³/mol. The van der Waals surface area contributed by atoms with Gasteiger partial charge >= 0.3 is 0 Å². The number of nitrogens with two attached hydrogens (primary N) is 1. The highest BCUT2D eigenvalue weighted by atomic mass is 32.2. The fourth-order valence-corrected chi connectivity index (χ4v) is 2.66. The molecule has 5 nitrogen and oxygen atoms in total. The molecule has 0 fully saturated rings. The molecule has 3 N–H and O–H groups in total. The summed E-state index contributed by atoms with van der Waals surface area (Å²) in [4.78, 5) is 5.47. The van der Waals surface area contributed by atoms with Crippen molar-refractivity contribution in [2.75, 3.05) is 5.75 Å². The lowest BCUT2D eigenvalue weighted by molar-refractivity contribution is 0.544. The van der Waals surface area contributed by atoms with Crippen molar-refractivity contribution in [3.8, 4) is 0 Å². The molecular weight excluding hydrogens is 258 g/mol. The smallest absolute Gasteiger partial charge is 0.138 e. The van der Waals surface area contributed by atoms with Gasteiger partial charge in [-0.25, -0.2) is 4.98 Å². The predicted octanol–water partition coefficient (Wildman–Crippen LogP) is 1.29. The van der Waals surface area contributed by atoms with Gasteiger partial charge in [0.1, 0.15) is 12.2 Å². The third-order valence-electron chi connectivity index (χ3n) is 2.94. The lowest BCUT2D eigenvalue weighted by Gasteiger charge is -2.14. The molecule has 0 aliphatic rings. The first-order valence-corrected chi connectivity index (χ1v) is 7.16. The molecule has 0 aliphatic carbocycles. The van der Waals surface area contributed by atoms with Gasteiger partial charge in [-0.3, -0.25) is 16.0 Å². The minimum absolute atomic E-state index is 0.175. The summed E-state index contributed by atoms with van der Waals surface area (Å²) in [6.07, 6.45) is 2.34. The Morgan fingerprint density at radius 1 is 1.37 bits per heavy atom. The number of thioether (sulfide) groups is 1. The Balaban J connectivity index is 1.89. The van der Waals surface area contributed by atoms with E-state index in [0.29, 0.717) is 0 Å². The molecule has 19 heavy (non-hydrogen) atoms. The van der Waals surface area contributed by atoms with E-state index in [2.05, 4.69) is 46.7 Å². The molecule has 0 aliphatic heterocycles. The zero-order valence-corrected chi connectivity index (χ0v) is 12.0. The second kappa shape index (κ2) is 6.70. The van der Waals surface area contributed by atoms with E-state index >= 15 is 0 Å². The fraction of sp³-hybridized carbons (Fsp3) is 0.385. The second-order valence-corrected chi connectivity index (χ2v) is 5.59. The van der Waals surface area contributed by atoms with Crippen molar-refractivity contribution >= 4 is 11.8 Å². The molecule has 2 rings (SSSR count). The number of benzene rings is 1. The molecule has 0 radical (unpaired) electrons. The van der Waals surface area contributed by atoms with Crippen molar-refractivity contribution in [3.63, 3.8) is 0 Å². The van der Waals surface area contributed by atoms with Gasteiger partial charge in [0.15, 0.2) is 0 Å². The molecule has 1 unspecified atom stereocenters. The lowest BCUT2D eigenvalue weighted by atomic mass is 10.2. The number of aromatic nitrogens is 3. The number of nitrogens with one attached hydrogen (secondary N) is 1. The van der Waals surface area contributed by atoms with E-state index in [1.807, 2.05) is 7.05 Å². The number of hydrogen-bond acceptors (Lipinski definition) is 5. The molecule has 0 saturated carbocycles. The molecule has 6 heteroatoms. The Bertz CT molecular complexity index is 508. The maximum atomic E-state index is 5.61. The highest BCUT2D eigenvalue weighted by Crippen LogP contribution is 2.19. The largest absolute Gasteiger partial charge is 0.271 e. The molecule has 0 amide bonds. The van der Waals surface area contributed by atoms with Crippen LogP contribution in [0.4, 0.5) is 0 Å². The van der Waals surface area contributed by atoms with E-state index in [9.17, 15) is 0 Å². The minimum Gasteiger partial charge on any atom is -0.271 e. The number of aryl methyl sites for hydroxylation is 2. The van der Waals surface area contributed by atoms with Crippen LogP contribution < -0.4 is 11.3 Å². The Morgan fingerprint density at radius 3 is 2.68 bits per heavy atom. The van der Waals surface area contributed by atoms with Crippen LogP contribution in [0.1, 0.15) is 11.4 Å². The zero-order valence-electron chi connectivity index (χ0n) is 11.2. The molecular formula is C13H19N5S. The summed E-state index contributed by atoms with van der Waals surface area (Å²) in [7, 11) is 1.89. The molecule has 1 aromatic carbocycles. The van der Waals surface area contributed by atoms with E-state index in [4.69, 9.17) is 5.84 Å². The van der Waals surface area contributed by atoms with Crippen LogP contribution in [0.5, 0.6) is 0 Å². The Kier molecular flexibility index (Phi) is 4.95. The van der Waals surface area contributed by atoms with E-state index in [0.717, 1.165) is 18.0 Å². The normalized spacial score (nSPS) is 12.6.